The predicted molar refractivity (Wildman–Crippen MR) is 111 cm³/mol. The third-order valence-electron chi connectivity index (χ3n) is 4.65. The van der Waals surface area contributed by atoms with E-state index >= 15 is 0 Å². The summed E-state index contributed by atoms with van der Waals surface area (Å²) >= 11 is 0. The molecule has 0 spiro atoms. The Hall–Kier alpha value is -4.00. The van der Waals surface area contributed by atoms with E-state index in [0.29, 0.717) is 33.7 Å². The lowest BCUT2D eigenvalue weighted by molar-refractivity contribution is -0.137. The number of phenols is 2. The van der Waals surface area contributed by atoms with Crippen LogP contribution in [0.2, 0.25) is 0 Å². The summed E-state index contributed by atoms with van der Waals surface area (Å²) < 4.78 is 44.6. The van der Waals surface area contributed by atoms with Crippen LogP contribution in [0.5, 0.6) is 11.5 Å². The van der Waals surface area contributed by atoms with E-state index in [2.05, 4.69) is 5.16 Å². The second-order valence-corrected chi connectivity index (χ2v) is 6.82. The first-order chi connectivity index (χ1) is 14.8. The van der Waals surface area contributed by atoms with Crippen molar-refractivity contribution in [3.8, 4) is 34.1 Å². The molecule has 0 saturated carbocycles. The van der Waals surface area contributed by atoms with Crippen molar-refractivity contribution in [3.63, 3.8) is 0 Å². The number of phenolic OH excluding ortho intramolecular Hbond substituents is 2. The summed E-state index contributed by atoms with van der Waals surface area (Å²) in [5.74, 6) is 0.571. The largest absolute Gasteiger partial charge is 0.508 e. The van der Waals surface area contributed by atoms with Crippen LogP contribution in [0.25, 0.3) is 34.7 Å². The molecular formula is C24H16F3NO3. The third-order valence-corrected chi connectivity index (χ3v) is 4.65. The average molecular weight is 423 g/mol. The van der Waals surface area contributed by atoms with E-state index in [4.69, 9.17) is 4.52 Å². The van der Waals surface area contributed by atoms with Crippen molar-refractivity contribution in [2.45, 2.75) is 6.18 Å². The van der Waals surface area contributed by atoms with E-state index in [-0.39, 0.29) is 11.5 Å². The minimum atomic E-state index is -4.44. The summed E-state index contributed by atoms with van der Waals surface area (Å²) in [6.07, 6.45) is -1.25. The van der Waals surface area contributed by atoms with Crippen molar-refractivity contribution in [2.75, 3.05) is 0 Å². The number of nitrogens with zero attached hydrogens (tertiary/aromatic N) is 1. The molecule has 4 aromatic rings. The number of aromatic nitrogens is 1. The zero-order chi connectivity index (χ0) is 22.0. The molecule has 0 aliphatic carbocycles. The van der Waals surface area contributed by atoms with Crippen LogP contribution in [0, 0.1) is 0 Å². The number of halogens is 3. The maximum absolute atomic E-state index is 13.0. The highest BCUT2D eigenvalue weighted by Gasteiger charge is 2.30. The number of benzene rings is 3. The van der Waals surface area contributed by atoms with Crippen LogP contribution in [0.1, 0.15) is 16.7 Å². The molecule has 4 nitrogen and oxygen atoms in total. The van der Waals surface area contributed by atoms with Gasteiger partial charge in [-0.2, -0.15) is 13.2 Å². The van der Waals surface area contributed by atoms with Crippen molar-refractivity contribution < 1.29 is 27.9 Å². The maximum Gasteiger partial charge on any atom is 0.416 e. The van der Waals surface area contributed by atoms with E-state index in [9.17, 15) is 23.4 Å². The highest BCUT2D eigenvalue weighted by molar-refractivity contribution is 5.86. The Balaban J connectivity index is 1.80. The highest BCUT2D eigenvalue weighted by Crippen LogP contribution is 2.35. The topological polar surface area (TPSA) is 66.5 Å². The molecule has 0 atom stereocenters. The molecule has 0 unspecified atom stereocenters. The highest BCUT2D eigenvalue weighted by atomic mass is 19.4. The normalized spacial score (nSPS) is 11.8. The quantitative estimate of drug-likeness (QED) is 0.388. The van der Waals surface area contributed by atoms with Crippen LogP contribution < -0.4 is 0 Å². The first kappa shape index (κ1) is 20.3. The number of hydrogen-bond acceptors (Lipinski definition) is 4. The van der Waals surface area contributed by atoms with Crippen molar-refractivity contribution in [2.24, 2.45) is 0 Å². The number of alkyl halides is 3. The van der Waals surface area contributed by atoms with Crippen LogP contribution in [0.3, 0.4) is 0 Å². The standard InChI is InChI=1S/C24H16F3NO3/c25-24(26,27)18-3-1-2-15(14-18)4-13-21-22(16-5-9-19(29)10-6-16)28-31-23(21)17-7-11-20(30)12-8-17/h1-14,29-30H/b13-4+. The fourth-order valence-electron chi connectivity index (χ4n) is 3.10. The Morgan fingerprint density at radius 1 is 0.774 bits per heavy atom. The molecule has 0 bridgehead atoms. The van der Waals surface area contributed by atoms with Gasteiger partial charge in [-0.3, -0.25) is 0 Å². The maximum atomic E-state index is 13.0. The lowest BCUT2D eigenvalue weighted by Gasteiger charge is -2.06. The first-order valence-corrected chi connectivity index (χ1v) is 9.25. The molecule has 2 N–H and O–H groups in total. The van der Waals surface area contributed by atoms with Gasteiger partial charge in [0.2, 0.25) is 0 Å². The van der Waals surface area contributed by atoms with Gasteiger partial charge in [-0.25, -0.2) is 0 Å². The second kappa shape index (κ2) is 8.02. The molecule has 0 radical (unpaired) electrons. The van der Waals surface area contributed by atoms with Gasteiger partial charge in [-0.1, -0.05) is 23.4 Å². The minimum absolute atomic E-state index is 0.0862. The Labute approximate surface area is 175 Å². The van der Waals surface area contributed by atoms with Gasteiger partial charge in [-0.15, -0.1) is 0 Å². The molecule has 0 aliphatic rings. The molecule has 0 aliphatic heterocycles. The number of hydrogen-bond donors (Lipinski definition) is 2. The predicted octanol–water partition coefficient (Wildman–Crippen LogP) is 6.61. The van der Waals surface area contributed by atoms with Crippen molar-refractivity contribution in [3.05, 3.63) is 89.5 Å². The first-order valence-electron chi connectivity index (χ1n) is 9.25. The van der Waals surface area contributed by atoms with Gasteiger partial charge < -0.3 is 14.7 Å². The van der Waals surface area contributed by atoms with Gasteiger partial charge >= 0.3 is 6.18 Å². The van der Waals surface area contributed by atoms with Crippen LogP contribution in [0.4, 0.5) is 13.2 Å². The van der Waals surface area contributed by atoms with Gasteiger partial charge in [-0.05, 0) is 72.3 Å². The zero-order valence-corrected chi connectivity index (χ0v) is 16.0. The molecule has 1 heterocycles. The molecule has 0 fully saturated rings. The molecule has 0 saturated heterocycles. The van der Waals surface area contributed by atoms with Gasteiger partial charge in [0.15, 0.2) is 5.76 Å². The van der Waals surface area contributed by atoms with Crippen molar-refractivity contribution in [1.82, 2.24) is 5.16 Å². The molecule has 0 amide bonds. The summed E-state index contributed by atoms with van der Waals surface area (Å²) in [7, 11) is 0. The van der Waals surface area contributed by atoms with E-state index in [1.165, 1.54) is 30.3 Å². The Kier molecular flexibility index (Phi) is 5.25. The Morgan fingerprint density at radius 3 is 2.00 bits per heavy atom. The number of aromatic hydroxyl groups is 2. The van der Waals surface area contributed by atoms with Gasteiger partial charge in [0, 0.05) is 11.1 Å². The molecule has 31 heavy (non-hydrogen) atoms. The van der Waals surface area contributed by atoms with E-state index < -0.39 is 11.7 Å². The number of rotatable bonds is 4. The fourth-order valence-corrected chi connectivity index (χ4v) is 3.10. The summed E-state index contributed by atoms with van der Waals surface area (Å²) in [6.45, 7) is 0. The zero-order valence-electron chi connectivity index (χ0n) is 16.0. The SMILES string of the molecule is Oc1ccc(-c2noc(-c3ccc(O)cc3)c2/C=C/c2cccc(C(F)(F)F)c2)cc1. The molecule has 4 rings (SSSR count). The smallest absolute Gasteiger partial charge is 0.416 e. The molecule has 3 aromatic carbocycles. The molecular weight excluding hydrogens is 407 g/mol. The summed E-state index contributed by atoms with van der Waals surface area (Å²) in [5, 5.41) is 23.2. The Morgan fingerprint density at radius 2 is 1.39 bits per heavy atom. The molecule has 7 heteroatoms. The van der Waals surface area contributed by atoms with E-state index in [0.717, 1.165) is 12.1 Å². The van der Waals surface area contributed by atoms with E-state index in [1.807, 2.05) is 0 Å². The van der Waals surface area contributed by atoms with Crippen LogP contribution in [-0.4, -0.2) is 15.4 Å². The van der Waals surface area contributed by atoms with Crippen LogP contribution >= 0.6 is 0 Å². The average Bonchev–Trinajstić information content (AvgIpc) is 3.17. The third kappa shape index (κ3) is 4.45. The van der Waals surface area contributed by atoms with E-state index in [1.54, 1.807) is 42.5 Å². The lowest BCUT2D eigenvalue weighted by atomic mass is 10.0. The lowest BCUT2D eigenvalue weighted by Crippen LogP contribution is -2.04. The van der Waals surface area contributed by atoms with Gasteiger partial charge in [0.05, 0.1) is 11.1 Å². The minimum Gasteiger partial charge on any atom is -0.508 e. The van der Waals surface area contributed by atoms with Gasteiger partial charge in [0.1, 0.15) is 17.2 Å². The second-order valence-electron chi connectivity index (χ2n) is 6.82. The fraction of sp³-hybridized carbons (Fsp3) is 0.0417. The Bertz CT molecular complexity index is 1160. The molecule has 1 aromatic heterocycles. The van der Waals surface area contributed by atoms with Gasteiger partial charge in [0.25, 0.3) is 0 Å². The van der Waals surface area contributed by atoms with Crippen LogP contribution in [0.15, 0.2) is 77.3 Å². The summed E-state index contributed by atoms with van der Waals surface area (Å²) in [6, 6.07) is 17.6. The van der Waals surface area contributed by atoms with Crippen molar-refractivity contribution in [1.29, 1.82) is 0 Å². The molecule has 156 valence electrons. The van der Waals surface area contributed by atoms with Crippen molar-refractivity contribution >= 4 is 12.2 Å². The monoisotopic (exact) mass is 423 g/mol. The van der Waals surface area contributed by atoms with Crippen LogP contribution in [-0.2, 0) is 6.18 Å². The summed E-state index contributed by atoms with van der Waals surface area (Å²) in [4.78, 5) is 0. The summed E-state index contributed by atoms with van der Waals surface area (Å²) in [5.41, 5.74) is 1.94.